The summed E-state index contributed by atoms with van der Waals surface area (Å²) >= 11 is 1.69. The molecular weight excluding hydrogens is 380 g/mol. The molecule has 0 bridgehead atoms. The fourth-order valence-corrected chi connectivity index (χ4v) is 4.12. The second-order valence-electron chi connectivity index (χ2n) is 7.42. The molecule has 0 fully saturated rings. The van der Waals surface area contributed by atoms with Crippen molar-refractivity contribution in [2.75, 3.05) is 19.0 Å². The van der Waals surface area contributed by atoms with Crippen molar-refractivity contribution in [1.29, 1.82) is 0 Å². The SMILES string of the molecule is COc1ccccc1NC(=O)CNC(c1ccc(CC(C)C)cc1)c1cccs1. The fourth-order valence-electron chi connectivity index (χ4n) is 3.29. The number of nitrogens with one attached hydrogen (secondary N) is 2. The summed E-state index contributed by atoms with van der Waals surface area (Å²) in [5.41, 5.74) is 3.17. The Morgan fingerprint density at radius 1 is 1.03 bits per heavy atom. The molecule has 0 saturated heterocycles. The molecule has 0 spiro atoms. The third-order valence-electron chi connectivity index (χ3n) is 4.63. The van der Waals surface area contributed by atoms with Gasteiger partial charge in [-0.25, -0.2) is 0 Å². The number of para-hydroxylation sites is 2. The van der Waals surface area contributed by atoms with Crippen LogP contribution in [0.2, 0.25) is 0 Å². The number of carbonyl (C=O) groups is 1. The number of anilines is 1. The lowest BCUT2D eigenvalue weighted by molar-refractivity contribution is -0.115. The molecular formula is C24H28N2O2S. The van der Waals surface area contributed by atoms with Crippen LogP contribution < -0.4 is 15.4 Å². The molecule has 1 atom stereocenters. The van der Waals surface area contributed by atoms with Crippen LogP contribution in [0.5, 0.6) is 5.75 Å². The van der Waals surface area contributed by atoms with Gasteiger partial charge in [-0.3, -0.25) is 10.1 Å². The third kappa shape index (κ3) is 5.92. The molecule has 29 heavy (non-hydrogen) atoms. The number of benzene rings is 2. The van der Waals surface area contributed by atoms with Gasteiger partial charge in [-0.05, 0) is 47.0 Å². The summed E-state index contributed by atoms with van der Waals surface area (Å²) in [7, 11) is 1.60. The van der Waals surface area contributed by atoms with Gasteiger partial charge in [0.05, 0.1) is 25.4 Å². The molecule has 0 radical (unpaired) electrons. The first-order chi connectivity index (χ1) is 14.1. The van der Waals surface area contributed by atoms with Gasteiger partial charge in [0.25, 0.3) is 0 Å². The highest BCUT2D eigenvalue weighted by Crippen LogP contribution is 2.27. The molecule has 3 rings (SSSR count). The van der Waals surface area contributed by atoms with Crippen LogP contribution in [-0.2, 0) is 11.2 Å². The van der Waals surface area contributed by atoms with E-state index in [2.05, 4.69) is 60.2 Å². The Hall–Kier alpha value is -2.63. The van der Waals surface area contributed by atoms with E-state index in [1.807, 2.05) is 30.3 Å². The Morgan fingerprint density at radius 3 is 2.45 bits per heavy atom. The lowest BCUT2D eigenvalue weighted by atomic mass is 9.99. The van der Waals surface area contributed by atoms with Crippen molar-refractivity contribution in [3.8, 4) is 5.75 Å². The van der Waals surface area contributed by atoms with Crippen LogP contribution in [-0.4, -0.2) is 19.6 Å². The minimum atomic E-state index is -0.104. The molecule has 1 amide bonds. The number of ether oxygens (including phenoxy) is 1. The van der Waals surface area contributed by atoms with E-state index in [1.54, 1.807) is 18.4 Å². The first-order valence-electron chi connectivity index (χ1n) is 9.85. The van der Waals surface area contributed by atoms with E-state index in [-0.39, 0.29) is 18.5 Å². The van der Waals surface area contributed by atoms with E-state index in [0.29, 0.717) is 17.4 Å². The van der Waals surface area contributed by atoms with E-state index < -0.39 is 0 Å². The molecule has 3 aromatic rings. The van der Waals surface area contributed by atoms with E-state index in [0.717, 1.165) is 12.0 Å². The largest absolute Gasteiger partial charge is 0.495 e. The monoisotopic (exact) mass is 408 g/mol. The molecule has 0 saturated carbocycles. The number of thiophene rings is 1. The Kier molecular flexibility index (Phi) is 7.44. The smallest absolute Gasteiger partial charge is 0.238 e. The van der Waals surface area contributed by atoms with Gasteiger partial charge in [0.1, 0.15) is 5.75 Å². The highest BCUT2D eigenvalue weighted by Gasteiger charge is 2.17. The van der Waals surface area contributed by atoms with E-state index in [4.69, 9.17) is 4.74 Å². The van der Waals surface area contributed by atoms with Crippen molar-refractivity contribution in [3.63, 3.8) is 0 Å². The lowest BCUT2D eigenvalue weighted by Gasteiger charge is -2.19. The highest BCUT2D eigenvalue weighted by molar-refractivity contribution is 7.10. The Balaban J connectivity index is 1.69. The molecule has 0 aliphatic heterocycles. The zero-order valence-corrected chi connectivity index (χ0v) is 18.0. The first kappa shape index (κ1) is 21.1. The number of methoxy groups -OCH3 is 1. The van der Waals surface area contributed by atoms with E-state index >= 15 is 0 Å². The van der Waals surface area contributed by atoms with Gasteiger partial charge >= 0.3 is 0 Å². The molecule has 2 N–H and O–H groups in total. The Labute approximate surface area is 176 Å². The predicted molar refractivity (Wildman–Crippen MR) is 121 cm³/mol. The van der Waals surface area contributed by atoms with E-state index in [1.165, 1.54) is 10.4 Å². The fraction of sp³-hybridized carbons (Fsp3) is 0.292. The minimum absolute atomic E-state index is 0.0217. The number of hydrogen-bond acceptors (Lipinski definition) is 4. The second-order valence-corrected chi connectivity index (χ2v) is 8.40. The standard InChI is InChI=1S/C24H28N2O2S/c1-17(2)15-18-10-12-19(13-11-18)24(22-9-6-14-29-22)25-16-23(27)26-20-7-4-5-8-21(20)28-3/h4-14,17,24-25H,15-16H2,1-3H3,(H,26,27). The van der Waals surface area contributed by atoms with Crippen molar-refractivity contribution in [3.05, 3.63) is 82.0 Å². The van der Waals surface area contributed by atoms with Crippen LogP contribution in [0, 0.1) is 5.92 Å². The van der Waals surface area contributed by atoms with Crippen LogP contribution in [0.25, 0.3) is 0 Å². The molecule has 1 heterocycles. The van der Waals surface area contributed by atoms with Crippen LogP contribution in [0.3, 0.4) is 0 Å². The average Bonchev–Trinajstić information content (AvgIpc) is 3.24. The summed E-state index contributed by atoms with van der Waals surface area (Å²) in [4.78, 5) is 13.7. The molecule has 4 nitrogen and oxygen atoms in total. The second kappa shape index (κ2) is 10.2. The summed E-state index contributed by atoms with van der Waals surface area (Å²) in [5.74, 6) is 1.18. The summed E-state index contributed by atoms with van der Waals surface area (Å²) in [6, 6.07) is 20.2. The third-order valence-corrected chi connectivity index (χ3v) is 5.57. The van der Waals surface area contributed by atoms with Gasteiger partial charge < -0.3 is 10.1 Å². The summed E-state index contributed by atoms with van der Waals surface area (Å²) in [5, 5.41) is 8.40. The molecule has 1 aromatic heterocycles. The van der Waals surface area contributed by atoms with Gasteiger partial charge in [-0.15, -0.1) is 11.3 Å². The quantitative estimate of drug-likeness (QED) is 0.507. The normalized spacial score (nSPS) is 12.0. The van der Waals surface area contributed by atoms with Gasteiger partial charge in [-0.1, -0.05) is 56.3 Å². The number of rotatable bonds is 9. The summed E-state index contributed by atoms with van der Waals surface area (Å²) in [6.07, 6.45) is 1.07. The van der Waals surface area contributed by atoms with E-state index in [9.17, 15) is 4.79 Å². The molecule has 2 aromatic carbocycles. The van der Waals surface area contributed by atoms with Crippen molar-refractivity contribution >= 4 is 22.9 Å². The Morgan fingerprint density at radius 2 is 1.79 bits per heavy atom. The number of hydrogen-bond donors (Lipinski definition) is 2. The first-order valence-corrected chi connectivity index (χ1v) is 10.7. The predicted octanol–water partition coefficient (Wildman–Crippen LogP) is 5.27. The Bertz CT molecular complexity index is 905. The van der Waals surface area contributed by atoms with Crippen molar-refractivity contribution < 1.29 is 9.53 Å². The number of carbonyl (C=O) groups excluding carboxylic acids is 1. The van der Waals surface area contributed by atoms with Gasteiger partial charge in [0.15, 0.2) is 0 Å². The minimum Gasteiger partial charge on any atom is -0.495 e. The maximum Gasteiger partial charge on any atom is 0.238 e. The topological polar surface area (TPSA) is 50.4 Å². The zero-order valence-electron chi connectivity index (χ0n) is 17.1. The van der Waals surface area contributed by atoms with Crippen LogP contribution in [0.15, 0.2) is 66.0 Å². The van der Waals surface area contributed by atoms with Crippen LogP contribution >= 0.6 is 11.3 Å². The highest BCUT2D eigenvalue weighted by atomic mass is 32.1. The summed E-state index contributed by atoms with van der Waals surface area (Å²) < 4.78 is 5.31. The molecule has 0 aliphatic carbocycles. The van der Waals surface area contributed by atoms with Crippen molar-refractivity contribution in [2.24, 2.45) is 5.92 Å². The molecule has 0 aliphatic rings. The van der Waals surface area contributed by atoms with Crippen LogP contribution in [0.4, 0.5) is 5.69 Å². The summed E-state index contributed by atoms with van der Waals surface area (Å²) in [6.45, 7) is 4.66. The van der Waals surface area contributed by atoms with Crippen LogP contribution in [0.1, 0.15) is 35.9 Å². The van der Waals surface area contributed by atoms with Crippen molar-refractivity contribution in [1.82, 2.24) is 5.32 Å². The van der Waals surface area contributed by atoms with Gasteiger partial charge in [-0.2, -0.15) is 0 Å². The van der Waals surface area contributed by atoms with Crippen molar-refractivity contribution in [2.45, 2.75) is 26.3 Å². The molecule has 5 heteroatoms. The molecule has 1 unspecified atom stereocenters. The maximum atomic E-state index is 12.5. The lowest BCUT2D eigenvalue weighted by Crippen LogP contribution is -2.31. The van der Waals surface area contributed by atoms with Gasteiger partial charge in [0.2, 0.25) is 5.91 Å². The van der Waals surface area contributed by atoms with Gasteiger partial charge in [0, 0.05) is 4.88 Å². The molecule has 152 valence electrons. The number of amides is 1. The zero-order chi connectivity index (χ0) is 20.6. The average molecular weight is 409 g/mol. The maximum absolute atomic E-state index is 12.5.